The molecule has 0 saturated carbocycles. The van der Waals surface area contributed by atoms with Crippen molar-refractivity contribution < 1.29 is 4.39 Å². The third-order valence-corrected chi connectivity index (χ3v) is 4.14. The standard InChI is InChI=1S/C16H16BrClFN/c1-3-15(11-4-6-12(18)7-5-11)20-16-9-13(17)14(19)8-10(16)2/h4-9,15,20H,3H2,1-2H3. The van der Waals surface area contributed by atoms with E-state index in [1.165, 1.54) is 6.07 Å². The zero-order valence-electron chi connectivity index (χ0n) is 11.4. The molecule has 1 unspecified atom stereocenters. The molecule has 0 spiro atoms. The van der Waals surface area contributed by atoms with Gasteiger partial charge in [-0.2, -0.15) is 0 Å². The summed E-state index contributed by atoms with van der Waals surface area (Å²) in [5, 5.41) is 4.19. The lowest BCUT2D eigenvalue weighted by Gasteiger charge is -2.20. The van der Waals surface area contributed by atoms with E-state index in [4.69, 9.17) is 11.6 Å². The van der Waals surface area contributed by atoms with Crippen LogP contribution in [0.5, 0.6) is 0 Å². The fourth-order valence-electron chi connectivity index (χ4n) is 2.11. The van der Waals surface area contributed by atoms with Crippen molar-refractivity contribution in [3.05, 3.63) is 62.8 Å². The van der Waals surface area contributed by atoms with Crippen molar-refractivity contribution in [3.63, 3.8) is 0 Å². The lowest BCUT2D eigenvalue weighted by molar-refractivity contribution is 0.619. The second kappa shape index (κ2) is 6.59. The van der Waals surface area contributed by atoms with E-state index in [2.05, 4.69) is 28.2 Å². The smallest absolute Gasteiger partial charge is 0.137 e. The average Bonchev–Trinajstić information content (AvgIpc) is 2.42. The van der Waals surface area contributed by atoms with Gasteiger partial charge in [-0.1, -0.05) is 30.7 Å². The maximum atomic E-state index is 13.5. The number of anilines is 1. The molecule has 0 aliphatic carbocycles. The Balaban J connectivity index is 2.26. The topological polar surface area (TPSA) is 12.0 Å². The van der Waals surface area contributed by atoms with Crippen LogP contribution in [0.3, 0.4) is 0 Å². The van der Waals surface area contributed by atoms with Crippen molar-refractivity contribution in [3.8, 4) is 0 Å². The van der Waals surface area contributed by atoms with Gasteiger partial charge in [-0.25, -0.2) is 4.39 Å². The minimum atomic E-state index is -0.243. The Morgan fingerprint density at radius 1 is 1.25 bits per heavy atom. The van der Waals surface area contributed by atoms with Crippen molar-refractivity contribution in [2.75, 3.05) is 5.32 Å². The van der Waals surface area contributed by atoms with Crippen molar-refractivity contribution in [2.45, 2.75) is 26.3 Å². The second-order valence-corrected chi connectivity index (χ2v) is 6.03. The fourth-order valence-corrected chi connectivity index (χ4v) is 2.58. The molecule has 2 rings (SSSR count). The summed E-state index contributed by atoms with van der Waals surface area (Å²) in [6.07, 6.45) is 0.927. The van der Waals surface area contributed by atoms with E-state index in [1.54, 1.807) is 6.07 Å². The Morgan fingerprint density at radius 2 is 1.90 bits per heavy atom. The molecule has 0 aromatic heterocycles. The van der Waals surface area contributed by atoms with Crippen LogP contribution in [0, 0.1) is 12.7 Å². The molecule has 0 heterocycles. The van der Waals surface area contributed by atoms with Crippen LogP contribution in [0.25, 0.3) is 0 Å². The molecule has 0 saturated heterocycles. The van der Waals surface area contributed by atoms with Gasteiger partial charge >= 0.3 is 0 Å². The number of rotatable bonds is 4. The second-order valence-electron chi connectivity index (χ2n) is 4.74. The van der Waals surface area contributed by atoms with Gasteiger partial charge in [0, 0.05) is 10.7 Å². The van der Waals surface area contributed by atoms with E-state index in [0.29, 0.717) is 4.47 Å². The predicted molar refractivity (Wildman–Crippen MR) is 86.9 cm³/mol. The van der Waals surface area contributed by atoms with E-state index < -0.39 is 0 Å². The van der Waals surface area contributed by atoms with Crippen molar-refractivity contribution in [1.29, 1.82) is 0 Å². The van der Waals surface area contributed by atoms with E-state index in [9.17, 15) is 4.39 Å². The Kier molecular flexibility index (Phi) is 5.06. The number of aryl methyl sites for hydroxylation is 1. The van der Waals surface area contributed by atoms with Gasteiger partial charge in [-0.15, -0.1) is 0 Å². The number of nitrogens with one attached hydrogen (secondary N) is 1. The Hall–Kier alpha value is -1.06. The number of benzene rings is 2. The van der Waals surface area contributed by atoms with Crippen molar-refractivity contribution >= 4 is 33.2 Å². The zero-order chi connectivity index (χ0) is 14.7. The average molecular weight is 357 g/mol. The largest absolute Gasteiger partial charge is 0.378 e. The van der Waals surface area contributed by atoms with Crippen LogP contribution >= 0.6 is 27.5 Å². The van der Waals surface area contributed by atoms with E-state index >= 15 is 0 Å². The Bertz CT molecular complexity index is 598. The first-order valence-electron chi connectivity index (χ1n) is 6.49. The molecule has 0 aliphatic heterocycles. The van der Waals surface area contributed by atoms with E-state index in [0.717, 1.165) is 28.3 Å². The van der Waals surface area contributed by atoms with Gasteiger partial charge in [0.25, 0.3) is 0 Å². The molecule has 0 bridgehead atoms. The molecular weight excluding hydrogens is 341 g/mol. The van der Waals surface area contributed by atoms with E-state index in [1.807, 2.05) is 31.2 Å². The normalized spacial score (nSPS) is 12.2. The van der Waals surface area contributed by atoms with Crippen molar-refractivity contribution in [2.24, 2.45) is 0 Å². The summed E-state index contributed by atoms with van der Waals surface area (Å²) in [5.41, 5.74) is 2.98. The zero-order valence-corrected chi connectivity index (χ0v) is 13.7. The highest BCUT2D eigenvalue weighted by Crippen LogP contribution is 2.29. The number of hydrogen-bond donors (Lipinski definition) is 1. The highest BCUT2D eigenvalue weighted by Gasteiger charge is 2.12. The molecule has 1 N–H and O–H groups in total. The van der Waals surface area contributed by atoms with Gasteiger partial charge in [0.05, 0.1) is 10.5 Å². The molecule has 1 nitrogen and oxygen atoms in total. The quantitative estimate of drug-likeness (QED) is 0.696. The highest BCUT2D eigenvalue weighted by molar-refractivity contribution is 9.10. The molecule has 0 radical (unpaired) electrons. The summed E-state index contributed by atoms with van der Waals surface area (Å²) in [4.78, 5) is 0. The van der Waals surface area contributed by atoms with Crippen LogP contribution < -0.4 is 5.32 Å². The van der Waals surface area contributed by atoms with Gasteiger partial charge in [0.2, 0.25) is 0 Å². The molecule has 0 aliphatic rings. The SMILES string of the molecule is CCC(Nc1cc(Br)c(F)cc1C)c1ccc(Cl)cc1. The van der Waals surface area contributed by atoms with Crippen LogP contribution in [-0.2, 0) is 0 Å². The summed E-state index contributed by atoms with van der Waals surface area (Å²) in [5.74, 6) is -0.243. The first-order valence-corrected chi connectivity index (χ1v) is 7.66. The fraction of sp³-hybridized carbons (Fsp3) is 0.250. The number of hydrogen-bond acceptors (Lipinski definition) is 1. The first kappa shape index (κ1) is 15.3. The minimum Gasteiger partial charge on any atom is -0.378 e. The Labute approximate surface area is 132 Å². The molecule has 0 fully saturated rings. The van der Waals surface area contributed by atoms with Crippen LogP contribution in [0.1, 0.15) is 30.5 Å². The molecule has 1 atom stereocenters. The maximum Gasteiger partial charge on any atom is 0.137 e. The molecular formula is C16H16BrClFN. The lowest BCUT2D eigenvalue weighted by Crippen LogP contribution is -2.10. The lowest BCUT2D eigenvalue weighted by atomic mass is 10.0. The summed E-state index contributed by atoms with van der Waals surface area (Å²) < 4.78 is 13.9. The van der Waals surface area contributed by atoms with Gasteiger partial charge < -0.3 is 5.32 Å². The molecule has 4 heteroatoms. The molecule has 2 aromatic rings. The summed E-state index contributed by atoms with van der Waals surface area (Å²) in [6, 6.07) is 11.3. The van der Waals surface area contributed by atoms with E-state index in [-0.39, 0.29) is 11.9 Å². The van der Waals surface area contributed by atoms with Crippen LogP contribution in [0.15, 0.2) is 40.9 Å². The monoisotopic (exact) mass is 355 g/mol. The summed E-state index contributed by atoms with van der Waals surface area (Å²) >= 11 is 9.14. The molecule has 2 aromatic carbocycles. The summed E-state index contributed by atoms with van der Waals surface area (Å²) in [6.45, 7) is 4.01. The maximum absolute atomic E-state index is 13.5. The minimum absolute atomic E-state index is 0.170. The molecule has 20 heavy (non-hydrogen) atoms. The molecule has 106 valence electrons. The van der Waals surface area contributed by atoms with Crippen LogP contribution in [0.4, 0.5) is 10.1 Å². The highest BCUT2D eigenvalue weighted by atomic mass is 79.9. The van der Waals surface area contributed by atoms with Gasteiger partial charge in [0.1, 0.15) is 5.82 Å². The van der Waals surface area contributed by atoms with Crippen LogP contribution in [0.2, 0.25) is 5.02 Å². The number of halogens is 3. The molecule has 0 amide bonds. The van der Waals surface area contributed by atoms with Crippen molar-refractivity contribution in [1.82, 2.24) is 0 Å². The summed E-state index contributed by atoms with van der Waals surface area (Å²) in [7, 11) is 0. The van der Waals surface area contributed by atoms with Crippen LogP contribution in [-0.4, -0.2) is 0 Å². The van der Waals surface area contributed by atoms with Gasteiger partial charge in [-0.05, 0) is 64.7 Å². The Morgan fingerprint density at radius 3 is 2.50 bits per heavy atom. The van der Waals surface area contributed by atoms with Gasteiger partial charge in [-0.3, -0.25) is 0 Å². The third-order valence-electron chi connectivity index (χ3n) is 3.28. The first-order chi connectivity index (χ1) is 9.51. The third kappa shape index (κ3) is 3.53. The van der Waals surface area contributed by atoms with Gasteiger partial charge in [0.15, 0.2) is 0 Å². The predicted octanol–water partition coefficient (Wildman–Crippen LogP) is 6.11.